The van der Waals surface area contributed by atoms with Crippen LogP contribution in [0.1, 0.15) is 40.9 Å². The van der Waals surface area contributed by atoms with E-state index in [9.17, 15) is 9.59 Å². The van der Waals surface area contributed by atoms with Crippen LogP contribution in [0.25, 0.3) is 10.8 Å². The average molecular weight is 522 g/mol. The number of rotatable bonds is 9. The van der Waals surface area contributed by atoms with Gasteiger partial charge in [-0.1, -0.05) is 54.6 Å². The van der Waals surface area contributed by atoms with Gasteiger partial charge in [0.05, 0.1) is 18.4 Å². The number of nitrogens with zero attached hydrogens (tertiary/aromatic N) is 3. The van der Waals surface area contributed by atoms with Crippen LogP contribution >= 0.6 is 0 Å². The zero-order valence-corrected chi connectivity index (χ0v) is 22.3. The summed E-state index contributed by atoms with van der Waals surface area (Å²) in [4.78, 5) is 26.8. The highest BCUT2D eigenvalue weighted by molar-refractivity contribution is 6.12. The van der Waals surface area contributed by atoms with Crippen molar-refractivity contribution in [1.82, 2.24) is 5.01 Å². The van der Waals surface area contributed by atoms with E-state index in [2.05, 4.69) is 24.3 Å². The largest absolute Gasteiger partial charge is 0.490 e. The normalized spacial score (nSPS) is 14.7. The second kappa shape index (κ2) is 11.4. The van der Waals surface area contributed by atoms with Gasteiger partial charge in [-0.05, 0) is 53.6 Å². The van der Waals surface area contributed by atoms with E-state index in [1.807, 2.05) is 68.4 Å². The molecule has 0 aromatic heterocycles. The summed E-state index contributed by atoms with van der Waals surface area (Å²) < 4.78 is 11.5. The van der Waals surface area contributed by atoms with Crippen LogP contribution in [0.15, 0.2) is 90.0 Å². The number of hydrazone groups is 1. The van der Waals surface area contributed by atoms with Crippen LogP contribution < -0.4 is 14.4 Å². The second-order valence-electron chi connectivity index (χ2n) is 9.56. The second-order valence-corrected chi connectivity index (χ2v) is 9.56. The van der Waals surface area contributed by atoms with E-state index in [1.165, 1.54) is 0 Å². The molecule has 0 saturated heterocycles. The Morgan fingerprint density at radius 1 is 0.974 bits per heavy atom. The van der Waals surface area contributed by atoms with Crippen molar-refractivity contribution < 1.29 is 19.1 Å². The number of amides is 1. The van der Waals surface area contributed by atoms with Gasteiger partial charge in [0, 0.05) is 37.3 Å². The van der Waals surface area contributed by atoms with E-state index in [1.54, 1.807) is 23.2 Å². The summed E-state index contributed by atoms with van der Waals surface area (Å²) in [5.74, 6) is 0.557. The first-order chi connectivity index (χ1) is 19.0. The Bertz CT molecular complexity index is 1520. The standard InChI is InChI=1S/C32H31N3O4/c1-4-38-31-18-22(20-36)12-17-30(31)39-21-32(37)35-29(24-13-15-25(16-14-24)34(2)3)19-28(33-35)27-11-7-9-23-8-5-6-10-26(23)27/h5-18,20,29H,4,19,21H2,1-3H3. The first-order valence-electron chi connectivity index (χ1n) is 13.0. The van der Waals surface area contributed by atoms with Crippen LogP contribution in [0, 0.1) is 0 Å². The highest BCUT2D eigenvalue weighted by Crippen LogP contribution is 2.36. The molecule has 0 saturated carbocycles. The Morgan fingerprint density at radius 3 is 2.49 bits per heavy atom. The summed E-state index contributed by atoms with van der Waals surface area (Å²) in [7, 11) is 4.00. The predicted molar refractivity (Wildman–Crippen MR) is 154 cm³/mol. The number of fused-ring (bicyclic) bond motifs is 1. The topological polar surface area (TPSA) is 71.4 Å². The smallest absolute Gasteiger partial charge is 0.281 e. The van der Waals surface area contributed by atoms with Gasteiger partial charge >= 0.3 is 0 Å². The van der Waals surface area contributed by atoms with Crippen molar-refractivity contribution in [3.63, 3.8) is 0 Å². The van der Waals surface area contributed by atoms with E-state index in [0.29, 0.717) is 30.1 Å². The minimum absolute atomic E-state index is 0.223. The maximum atomic E-state index is 13.6. The molecule has 1 aliphatic rings. The Balaban J connectivity index is 1.46. The van der Waals surface area contributed by atoms with E-state index < -0.39 is 0 Å². The molecule has 0 bridgehead atoms. The van der Waals surface area contributed by atoms with Gasteiger partial charge in [-0.25, -0.2) is 5.01 Å². The fraction of sp³-hybridized carbons (Fsp3) is 0.219. The first kappa shape index (κ1) is 26.0. The molecular weight excluding hydrogens is 490 g/mol. The highest BCUT2D eigenvalue weighted by Gasteiger charge is 2.34. The van der Waals surface area contributed by atoms with Crippen LogP contribution in [0.3, 0.4) is 0 Å². The average Bonchev–Trinajstić information content (AvgIpc) is 3.41. The van der Waals surface area contributed by atoms with Gasteiger partial charge in [0.1, 0.15) is 6.29 Å². The zero-order chi connectivity index (χ0) is 27.4. The molecule has 7 heteroatoms. The molecule has 1 heterocycles. The third-order valence-corrected chi connectivity index (χ3v) is 6.82. The quantitative estimate of drug-likeness (QED) is 0.258. The van der Waals surface area contributed by atoms with Crippen molar-refractivity contribution in [1.29, 1.82) is 0 Å². The highest BCUT2D eigenvalue weighted by atomic mass is 16.5. The maximum absolute atomic E-state index is 13.6. The fourth-order valence-corrected chi connectivity index (χ4v) is 4.83. The van der Waals surface area contributed by atoms with E-state index in [0.717, 1.165) is 39.6 Å². The van der Waals surface area contributed by atoms with Crippen LogP contribution in [0.5, 0.6) is 11.5 Å². The lowest BCUT2D eigenvalue weighted by Gasteiger charge is -2.23. The number of aldehydes is 1. The van der Waals surface area contributed by atoms with E-state index >= 15 is 0 Å². The fourth-order valence-electron chi connectivity index (χ4n) is 4.83. The van der Waals surface area contributed by atoms with Crippen molar-refractivity contribution in [2.45, 2.75) is 19.4 Å². The maximum Gasteiger partial charge on any atom is 0.281 e. The van der Waals surface area contributed by atoms with Crippen LogP contribution in [0.2, 0.25) is 0 Å². The molecule has 1 atom stereocenters. The number of benzene rings is 4. The van der Waals surface area contributed by atoms with Crippen LogP contribution in [-0.4, -0.2) is 50.2 Å². The number of carbonyl (C=O) groups is 2. The minimum atomic E-state index is -0.270. The van der Waals surface area contributed by atoms with Crippen molar-refractivity contribution in [2.24, 2.45) is 5.10 Å². The number of anilines is 1. The van der Waals surface area contributed by atoms with E-state index in [4.69, 9.17) is 14.6 Å². The van der Waals surface area contributed by atoms with Gasteiger partial charge in [-0.3, -0.25) is 9.59 Å². The van der Waals surface area contributed by atoms with Gasteiger partial charge in [-0.15, -0.1) is 0 Å². The van der Waals surface area contributed by atoms with E-state index in [-0.39, 0.29) is 18.6 Å². The SMILES string of the molecule is CCOc1cc(C=O)ccc1OCC(=O)N1N=C(c2cccc3ccccc23)CC1c1ccc(N(C)C)cc1. The molecule has 0 fully saturated rings. The molecule has 1 amide bonds. The molecule has 0 radical (unpaired) electrons. The minimum Gasteiger partial charge on any atom is -0.490 e. The predicted octanol–water partition coefficient (Wildman–Crippen LogP) is 5.87. The molecule has 0 spiro atoms. The zero-order valence-electron chi connectivity index (χ0n) is 22.3. The molecule has 4 aromatic rings. The Labute approximate surface area is 228 Å². The van der Waals surface area contributed by atoms with Gasteiger partial charge in [0.15, 0.2) is 18.1 Å². The Hall–Kier alpha value is -4.65. The summed E-state index contributed by atoms with van der Waals surface area (Å²) in [6, 6.07) is 27.2. The lowest BCUT2D eigenvalue weighted by Crippen LogP contribution is -2.31. The molecule has 0 N–H and O–H groups in total. The molecule has 5 rings (SSSR count). The molecule has 4 aromatic carbocycles. The van der Waals surface area contributed by atoms with Crippen LogP contribution in [-0.2, 0) is 4.79 Å². The van der Waals surface area contributed by atoms with Gasteiger partial charge in [0.25, 0.3) is 5.91 Å². The number of hydrogen-bond donors (Lipinski definition) is 0. The third-order valence-electron chi connectivity index (χ3n) is 6.82. The van der Waals surface area contributed by atoms with Gasteiger partial charge in [-0.2, -0.15) is 5.10 Å². The summed E-state index contributed by atoms with van der Waals surface area (Å²) in [6.45, 7) is 2.03. The molecule has 0 aliphatic carbocycles. The molecule has 7 nitrogen and oxygen atoms in total. The molecule has 1 unspecified atom stereocenters. The summed E-state index contributed by atoms with van der Waals surface area (Å²) in [5, 5.41) is 8.62. The lowest BCUT2D eigenvalue weighted by molar-refractivity contribution is -0.135. The van der Waals surface area contributed by atoms with Crippen molar-refractivity contribution in [2.75, 3.05) is 32.2 Å². The third kappa shape index (κ3) is 5.48. The van der Waals surface area contributed by atoms with Crippen LogP contribution in [0.4, 0.5) is 5.69 Å². The summed E-state index contributed by atoms with van der Waals surface area (Å²) in [6.07, 6.45) is 1.33. The van der Waals surface area contributed by atoms with Gasteiger partial charge in [0.2, 0.25) is 0 Å². The van der Waals surface area contributed by atoms with Crippen molar-refractivity contribution in [3.05, 3.63) is 102 Å². The van der Waals surface area contributed by atoms with Crippen molar-refractivity contribution in [3.8, 4) is 11.5 Å². The Morgan fingerprint density at radius 2 is 1.74 bits per heavy atom. The monoisotopic (exact) mass is 521 g/mol. The Kier molecular flexibility index (Phi) is 7.59. The molecule has 1 aliphatic heterocycles. The van der Waals surface area contributed by atoms with Gasteiger partial charge < -0.3 is 14.4 Å². The molecule has 39 heavy (non-hydrogen) atoms. The summed E-state index contributed by atoms with van der Waals surface area (Å²) >= 11 is 0. The summed E-state index contributed by atoms with van der Waals surface area (Å²) in [5.41, 5.74) is 4.42. The molecule has 198 valence electrons. The lowest BCUT2D eigenvalue weighted by atomic mass is 9.95. The first-order valence-corrected chi connectivity index (χ1v) is 13.0. The molecular formula is C32H31N3O4. The number of ether oxygens (including phenoxy) is 2. The van der Waals surface area contributed by atoms with Crippen molar-refractivity contribution >= 4 is 34.4 Å². The number of hydrogen-bond acceptors (Lipinski definition) is 6. The number of carbonyl (C=O) groups excluding carboxylic acids is 2.